The Balaban J connectivity index is 1.46. The third-order valence-corrected chi connectivity index (χ3v) is 10.4. The van der Waals surface area contributed by atoms with Crippen LogP contribution in [0.5, 0.6) is 0 Å². The SMILES string of the molecule is CC(C)(C)OC(=O)Nc1nc2c(-c3c(Cl)cc4c(N5CC6CCC(C(C)(C)C)(C5)N6C(=O)O)nc(F)nc4c3Cl)ccc(F)c2s1. The number of thiazole rings is 1. The Bertz CT molecular complexity index is 1930. The normalized spacial score (nSPS) is 20.1. The molecule has 244 valence electrons. The minimum absolute atomic E-state index is 0.00490. The molecule has 2 amide bonds. The molecule has 2 fully saturated rings. The molecule has 0 saturated carbocycles. The smallest absolute Gasteiger partial charge is 0.413 e. The highest BCUT2D eigenvalue weighted by Gasteiger charge is 2.59. The van der Waals surface area contributed by atoms with Crippen molar-refractivity contribution in [3.8, 4) is 11.1 Å². The van der Waals surface area contributed by atoms with Gasteiger partial charge in [0.05, 0.1) is 37.4 Å². The first-order valence-corrected chi connectivity index (χ1v) is 16.2. The number of hydrogen-bond acceptors (Lipinski definition) is 8. The van der Waals surface area contributed by atoms with Crippen molar-refractivity contribution in [2.24, 2.45) is 5.41 Å². The van der Waals surface area contributed by atoms with E-state index in [1.54, 1.807) is 31.7 Å². The number of nitrogens with zero attached hydrogens (tertiary/aromatic N) is 5. The molecule has 6 rings (SSSR count). The lowest BCUT2D eigenvalue weighted by atomic mass is 9.71. The number of amides is 2. The summed E-state index contributed by atoms with van der Waals surface area (Å²) in [5, 5.41) is 13.3. The molecule has 2 atom stereocenters. The van der Waals surface area contributed by atoms with E-state index < -0.39 is 40.6 Å². The van der Waals surface area contributed by atoms with Gasteiger partial charge in [-0.3, -0.25) is 10.2 Å². The van der Waals surface area contributed by atoms with E-state index in [0.717, 1.165) is 11.3 Å². The van der Waals surface area contributed by atoms with Crippen molar-refractivity contribution >= 4 is 78.8 Å². The molecule has 0 aliphatic carbocycles. The number of aromatic nitrogens is 3. The number of benzene rings is 2. The second-order valence-electron chi connectivity index (χ2n) is 13.7. The van der Waals surface area contributed by atoms with Crippen molar-refractivity contribution in [1.82, 2.24) is 19.9 Å². The summed E-state index contributed by atoms with van der Waals surface area (Å²) in [6, 6.07) is 3.97. The van der Waals surface area contributed by atoms with Gasteiger partial charge in [0, 0.05) is 29.6 Å². The number of carbonyl (C=O) groups is 2. The molecule has 0 radical (unpaired) electrons. The molecule has 2 unspecified atom stereocenters. The predicted octanol–water partition coefficient (Wildman–Crippen LogP) is 8.59. The standard InChI is InChI=1S/C31H32Cl2F2N6O4S/c1-29(2,3)31-10-9-14(41(31)28(43)44)12-40(13-31)24-16-11-17(32)19(20(33)21(16)36-25(35)38-24)15-7-8-18(34)23-22(15)37-26(46-23)39-27(42)45-30(4,5)6/h7-8,11,14H,9-10,12-13H2,1-6H3,(H,43,44)(H,37,39,42). The van der Waals surface area contributed by atoms with Crippen LogP contribution in [0, 0.1) is 17.3 Å². The van der Waals surface area contributed by atoms with Crippen LogP contribution in [-0.4, -0.2) is 67.4 Å². The third-order valence-electron chi connectivity index (χ3n) is 8.71. The van der Waals surface area contributed by atoms with Crippen LogP contribution in [0.4, 0.5) is 29.3 Å². The molecule has 0 spiro atoms. The summed E-state index contributed by atoms with van der Waals surface area (Å²) < 4.78 is 35.6. The Kier molecular flexibility index (Phi) is 7.76. The number of carbonyl (C=O) groups excluding carboxylic acids is 1. The van der Waals surface area contributed by atoms with E-state index in [4.69, 9.17) is 27.9 Å². The van der Waals surface area contributed by atoms with Gasteiger partial charge >= 0.3 is 18.3 Å². The quantitative estimate of drug-likeness (QED) is 0.205. The Morgan fingerprint density at radius 2 is 1.83 bits per heavy atom. The van der Waals surface area contributed by atoms with Crippen molar-refractivity contribution in [3.63, 3.8) is 0 Å². The van der Waals surface area contributed by atoms with Crippen LogP contribution in [0.3, 0.4) is 0 Å². The average Bonchev–Trinajstić information content (AvgIpc) is 3.46. The third kappa shape index (κ3) is 5.35. The minimum atomic E-state index is -1.02. The Morgan fingerprint density at radius 1 is 1.11 bits per heavy atom. The fourth-order valence-electron chi connectivity index (χ4n) is 6.70. The maximum Gasteiger partial charge on any atom is 0.413 e. The van der Waals surface area contributed by atoms with Gasteiger partial charge in [-0.05, 0) is 57.2 Å². The van der Waals surface area contributed by atoms with Crippen molar-refractivity contribution in [3.05, 3.63) is 40.1 Å². The van der Waals surface area contributed by atoms with Crippen LogP contribution >= 0.6 is 34.5 Å². The lowest BCUT2D eigenvalue weighted by Gasteiger charge is -2.54. The topological polar surface area (TPSA) is 121 Å². The van der Waals surface area contributed by atoms with Gasteiger partial charge in [-0.15, -0.1) is 0 Å². The van der Waals surface area contributed by atoms with E-state index in [0.29, 0.717) is 30.3 Å². The van der Waals surface area contributed by atoms with Crippen molar-refractivity contribution < 1.29 is 28.2 Å². The number of halogens is 4. The molecule has 2 aliphatic heterocycles. The number of nitrogens with one attached hydrogen (secondary N) is 1. The molecule has 2 bridgehead atoms. The monoisotopic (exact) mass is 692 g/mol. The molecule has 2 N–H and O–H groups in total. The van der Waals surface area contributed by atoms with E-state index >= 15 is 4.39 Å². The zero-order valence-electron chi connectivity index (χ0n) is 26.0. The van der Waals surface area contributed by atoms with Gasteiger partial charge in [-0.2, -0.15) is 9.37 Å². The highest BCUT2D eigenvalue weighted by atomic mass is 35.5. The minimum Gasteiger partial charge on any atom is -0.465 e. The predicted molar refractivity (Wildman–Crippen MR) is 175 cm³/mol. The summed E-state index contributed by atoms with van der Waals surface area (Å²) in [7, 11) is 0. The summed E-state index contributed by atoms with van der Waals surface area (Å²) in [6.45, 7) is 11.7. The van der Waals surface area contributed by atoms with Gasteiger partial charge in [-0.25, -0.2) is 23.9 Å². The summed E-state index contributed by atoms with van der Waals surface area (Å²) in [6.07, 6.45) is -1.43. The zero-order chi connectivity index (χ0) is 33.5. The zero-order valence-corrected chi connectivity index (χ0v) is 28.3. The second-order valence-corrected chi connectivity index (χ2v) is 15.5. The number of anilines is 2. The number of hydrogen-bond donors (Lipinski definition) is 2. The Morgan fingerprint density at radius 3 is 2.48 bits per heavy atom. The number of ether oxygens (including phenoxy) is 1. The van der Waals surface area contributed by atoms with Gasteiger partial charge in [-0.1, -0.05) is 55.3 Å². The lowest BCUT2D eigenvalue weighted by Crippen LogP contribution is -2.68. The first kappa shape index (κ1) is 32.4. The number of rotatable bonds is 3. The van der Waals surface area contributed by atoms with Gasteiger partial charge in [0.15, 0.2) is 5.13 Å². The number of carboxylic acid groups (broad SMARTS) is 1. The molecule has 4 heterocycles. The molecule has 2 aromatic carbocycles. The van der Waals surface area contributed by atoms with E-state index in [1.165, 1.54) is 12.1 Å². The summed E-state index contributed by atoms with van der Waals surface area (Å²) in [5.74, 6) is -0.315. The van der Waals surface area contributed by atoms with Crippen LogP contribution in [0.2, 0.25) is 10.0 Å². The summed E-state index contributed by atoms with van der Waals surface area (Å²) in [5.41, 5.74) is -1.05. The molecule has 46 heavy (non-hydrogen) atoms. The molecule has 2 aromatic heterocycles. The van der Waals surface area contributed by atoms with E-state index in [1.807, 2.05) is 25.7 Å². The maximum atomic E-state index is 15.2. The number of piperazine rings is 1. The van der Waals surface area contributed by atoms with Gasteiger partial charge in [0.25, 0.3) is 0 Å². The number of fused-ring (bicyclic) bond motifs is 4. The van der Waals surface area contributed by atoms with Crippen molar-refractivity contribution in [2.75, 3.05) is 23.3 Å². The van der Waals surface area contributed by atoms with Crippen LogP contribution in [0.1, 0.15) is 54.4 Å². The molecule has 2 aliphatic rings. The fourth-order valence-corrected chi connectivity index (χ4v) is 8.29. The van der Waals surface area contributed by atoms with E-state index in [-0.39, 0.29) is 54.9 Å². The summed E-state index contributed by atoms with van der Waals surface area (Å²) >= 11 is 14.7. The van der Waals surface area contributed by atoms with Crippen LogP contribution in [0.15, 0.2) is 18.2 Å². The highest BCUT2D eigenvalue weighted by Crippen LogP contribution is 2.51. The first-order valence-electron chi connectivity index (χ1n) is 14.6. The Labute approximate surface area is 277 Å². The molecular formula is C31H32Cl2F2N6O4S. The lowest BCUT2D eigenvalue weighted by molar-refractivity contribution is 0.00527. The summed E-state index contributed by atoms with van der Waals surface area (Å²) in [4.78, 5) is 40.9. The molecular weight excluding hydrogens is 661 g/mol. The van der Waals surface area contributed by atoms with Gasteiger partial charge < -0.3 is 14.7 Å². The van der Waals surface area contributed by atoms with Crippen LogP contribution in [0.25, 0.3) is 32.2 Å². The molecule has 2 saturated heterocycles. The largest absolute Gasteiger partial charge is 0.465 e. The molecule has 4 aromatic rings. The van der Waals surface area contributed by atoms with Gasteiger partial charge in [0.2, 0.25) is 0 Å². The van der Waals surface area contributed by atoms with Crippen LogP contribution in [-0.2, 0) is 4.74 Å². The highest BCUT2D eigenvalue weighted by molar-refractivity contribution is 7.22. The van der Waals surface area contributed by atoms with Gasteiger partial charge in [0.1, 0.15) is 17.2 Å². The van der Waals surface area contributed by atoms with E-state index in [2.05, 4.69) is 20.3 Å². The molecule has 10 nitrogen and oxygen atoms in total. The van der Waals surface area contributed by atoms with Crippen LogP contribution < -0.4 is 10.2 Å². The second kappa shape index (κ2) is 11.0. The fraction of sp³-hybridized carbons (Fsp3) is 0.452. The maximum absolute atomic E-state index is 15.2. The van der Waals surface area contributed by atoms with Crippen molar-refractivity contribution in [2.45, 2.75) is 71.6 Å². The first-order chi connectivity index (χ1) is 21.4. The van der Waals surface area contributed by atoms with Crippen molar-refractivity contribution in [1.29, 1.82) is 0 Å². The molecule has 15 heteroatoms. The Hall–Kier alpha value is -3.55. The van der Waals surface area contributed by atoms with E-state index in [9.17, 15) is 19.1 Å². The average molecular weight is 694 g/mol.